The van der Waals surface area contributed by atoms with E-state index in [4.69, 9.17) is 4.74 Å². The monoisotopic (exact) mass is 382 g/mol. The molecule has 0 aliphatic carbocycles. The molecular formula is C21H18O3S2. The molecule has 0 N–H and O–H groups in total. The van der Waals surface area contributed by atoms with E-state index < -0.39 is 9.84 Å². The van der Waals surface area contributed by atoms with Gasteiger partial charge < -0.3 is 4.74 Å². The van der Waals surface area contributed by atoms with Crippen molar-refractivity contribution in [1.29, 1.82) is 0 Å². The maximum Gasteiger partial charge on any atom is 0.180 e. The predicted octanol–water partition coefficient (Wildman–Crippen LogP) is 4.89. The highest BCUT2D eigenvalue weighted by molar-refractivity contribution is 8.01. The van der Waals surface area contributed by atoms with Crippen LogP contribution in [0.1, 0.15) is 16.4 Å². The Kier molecular flexibility index (Phi) is 4.74. The van der Waals surface area contributed by atoms with E-state index in [-0.39, 0.29) is 11.0 Å². The zero-order valence-corrected chi connectivity index (χ0v) is 15.7. The normalized spacial score (nSPS) is 17.6. The minimum Gasteiger partial charge on any atom is -0.489 e. The van der Waals surface area contributed by atoms with Crippen LogP contribution in [0.4, 0.5) is 0 Å². The molecule has 0 saturated heterocycles. The molecule has 0 spiro atoms. The number of rotatable bonds is 5. The molecule has 3 aromatic carbocycles. The van der Waals surface area contributed by atoms with Crippen LogP contribution in [0.3, 0.4) is 0 Å². The molecule has 1 atom stereocenters. The Morgan fingerprint density at radius 2 is 1.58 bits per heavy atom. The molecule has 0 fully saturated rings. The van der Waals surface area contributed by atoms with Gasteiger partial charge in [-0.2, -0.15) is 0 Å². The summed E-state index contributed by atoms with van der Waals surface area (Å²) in [5.74, 6) is 0.758. The van der Waals surface area contributed by atoms with E-state index in [9.17, 15) is 8.42 Å². The van der Waals surface area contributed by atoms with Gasteiger partial charge in [0.05, 0.1) is 15.9 Å². The number of hydrogen-bond donors (Lipinski definition) is 0. The summed E-state index contributed by atoms with van der Waals surface area (Å²) in [5, 5.41) is -0.163. The number of fused-ring (bicyclic) bond motifs is 1. The third-order valence-corrected chi connectivity index (χ3v) is 7.55. The molecular weight excluding hydrogens is 364 g/mol. The highest BCUT2D eigenvalue weighted by Gasteiger charge is 2.37. The third-order valence-electron chi connectivity index (χ3n) is 4.31. The molecule has 5 heteroatoms. The fraction of sp³-hybridized carbons (Fsp3) is 0.143. The summed E-state index contributed by atoms with van der Waals surface area (Å²) in [6.45, 7) is 0.417. The van der Waals surface area contributed by atoms with Crippen molar-refractivity contribution < 1.29 is 13.2 Å². The Morgan fingerprint density at radius 1 is 0.885 bits per heavy atom. The summed E-state index contributed by atoms with van der Waals surface area (Å²) in [6.07, 6.45) is 0. The summed E-state index contributed by atoms with van der Waals surface area (Å²) in [4.78, 5) is 1.45. The summed E-state index contributed by atoms with van der Waals surface area (Å²) in [7, 11) is -3.28. The average Bonchev–Trinajstić information content (AvgIpc) is 2.92. The average molecular weight is 383 g/mol. The van der Waals surface area contributed by atoms with Crippen molar-refractivity contribution in [1.82, 2.24) is 0 Å². The summed E-state index contributed by atoms with van der Waals surface area (Å²) in [5.41, 5.74) is 1.84. The van der Waals surface area contributed by atoms with Crippen molar-refractivity contribution >= 4 is 21.6 Å². The first-order valence-corrected chi connectivity index (χ1v) is 10.9. The Labute approximate surface area is 157 Å². The molecule has 26 heavy (non-hydrogen) atoms. The molecule has 132 valence electrons. The van der Waals surface area contributed by atoms with Gasteiger partial charge in [-0.3, -0.25) is 0 Å². The second-order valence-electron chi connectivity index (χ2n) is 6.14. The van der Waals surface area contributed by atoms with E-state index in [1.807, 2.05) is 66.7 Å². The quantitative estimate of drug-likeness (QED) is 0.630. The first-order chi connectivity index (χ1) is 12.6. The van der Waals surface area contributed by atoms with Crippen LogP contribution in [0, 0.1) is 0 Å². The number of thioether (sulfide) groups is 1. The fourth-order valence-electron chi connectivity index (χ4n) is 3.10. The van der Waals surface area contributed by atoms with Crippen LogP contribution in [-0.4, -0.2) is 14.2 Å². The molecule has 3 aromatic rings. The smallest absolute Gasteiger partial charge is 0.180 e. The second kappa shape index (κ2) is 7.17. The number of sulfone groups is 1. The number of hydrogen-bond acceptors (Lipinski definition) is 4. The van der Waals surface area contributed by atoms with Gasteiger partial charge in [-0.15, -0.1) is 11.8 Å². The highest BCUT2D eigenvalue weighted by Crippen LogP contribution is 2.48. The van der Waals surface area contributed by atoms with Gasteiger partial charge in [0.1, 0.15) is 12.4 Å². The Bertz CT molecular complexity index is 1000. The SMILES string of the molecule is O=S1(=O)CC(Sc2ccccc2)c2c(OCc3ccccc3)cccc21. The largest absolute Gasteiger partial charge is 0.489 e. The first-order valence-electron chi connectivity index (χ1n) is 8.37. The van der Waals surface area contributed by atoms with Gasteiger partial charge in [0.15, 0.2) is 9.84 Å². The van der Waals surface area contributed by atoms with Crippen molar-refractivity contribution in [2.75, 3.05) is 5.75 Å². The molecule has 0 radical (unpaired) electrons. The van der Waals surface area contributed by atoms with E-state index in [0.717, 1.165) is 16.0 Å². The van der Waals surface area contributed by atoms with Crippen molar-refractivity contribution in [3.8, 4) is 5.75 Å². The lowest BCUT2D eigenvalue weighted by molar-refractivity contribution is 0.302. The van der Waals surface area contributed by atoms with Crippen LogP contribution in [0.2, 0.25) is 0 Å². The Morgan fingerprint density at radius 3 is 2.31 bits per heavy atom. The summed E-state index contributed by atoms with van der Waals surface area (Å²) >= 11 is 1.57. The van der Waals surface area contributed by atoms with E-state index in [0.29, 0.717) is 17.3 Å². The molecule has 1 heterocycles. The van der Waals surface area contributed by atoms with Crippen LogP contribution >= 0.6 is 11.8 Å². The van der Waals surface area contributed by atoms with Crippen molar-refractivity contribution in [3.05, 3.63) is 90.0 Å². The Hall–Kier alpha value is -2.24. The van der Waals surface area contributed by atoms with Crippen molar-refractivity contribution in [3.63, 3.8) is 0 Å². The van der Waals surface area contributed by atoms with Gasteiger partial charge in [0.2, 0.25) is 0 Å². The van der Waals surface area contributed by atoms with E-state index in [1.165, 1.54) is 0 Å². The van der Waals surface area contributed by atoms with Crippen LogP contribution in [0.5, 0.6) is 5.75 Å². The van der Waals surface area contributed by atoms with Gasteiger partial charge in [-0.05, 0) is 29.8 Å². The number of ether oxygens (including phenoxy) is 1. The zero-order chi connectivity index (χ0) is 18.0. The highest BCUT2D eigenvalue weighted by atomic mass is 32.2. The summed E-state index contributed by atoms with van der Waals surface area (Å²) < 4.78 is 31.2. The molecule has 0 saturated carbocycles. The van der Waals surface area contributed by atoms with Crippen LogP contribution < -0.4 is 4.74 Å². The van der Waals surface area contributed by atoms with Gasteiger partial charge in [0, 0.05) is 10.5 Å². The fourth-order valence-corrected chi connectivity index (χ4v) is 6.60. The lowest BCUT2D eigenvalue weighted by Gasteiger charge is -2.15. The van der Waals surface area contributed by atoms with Gasteiger partial charge in [-0.1, -0.05) is 54.6 Å². The first kappa shape index (κ1) is 17.2. The maximum absolute atomic E-state index is 12.6. The van der Waals surface area contributed by atoms with Gasteiger partial charge in [-0.25, -0.2) is 8.42 Å². The topological polar surface area (TPSA) is 43.4 Å². The van der Waals surface area contributed by atoms with E-state index >= 15 is 0 Å². The van der Waals surface area contributed by atoms with E-state index in [2.05, 4.69) is 0 Å². The van der Waals surface area contributed by atoms with Crippen LogP contribution in [0.15, 0.2) is 88.7 Å². The molecule has 0 amide bonds. The van der Waals surface area contributed by atoms with Crippen molar-refractivity contribution in [2.45, 2.75) is 21.6 Å². The molecule has 1 aliphatic rings. The van der Waals surface area contributed by atoms with Crippen LogP contribution in [0.25, 0.3) is 0 Å². The minimum atomic E-state index is -3.28. The lowest BCUT2D eigenvalue weighted by Crippen LogP contribution is -2.01. The Balaban J connectivity index is 1.66. The van der Waals surface area contributed by atoms with Crippen LogP contribution in [-0.2, 0) is 16.4 Å². The van der Waals surface area contributed by atoms with Gasteiger partial charge >= 0.3 is 0 Å². The minimum absolute atomic E-state index is 0.105. The zero-order valence-electron chi connectivity index (χ0n) is 14.0. The predicted molar refractivity (Wildman–Crippen MR) is 104 cm³/mol. The molecule has 1 aliphatic heterocycles. The molecule has 1 unspecified atom stereocenters. The molecule has 4 rings (SSSR count). The van der Waals surface area contributed by atoms with Crippen molar-refractivity contribution in [2.24, 2.45) is 0 Å². The standard InChI is InChI=1S/C21H18O3S2/c22-26(23)15-19(25-17-10-5-2-6-11-17)21-18(12-7-13-20(21)26)24-14-16-8-3-1-4-9-16/h1-13,19H,14-15H2. The van der Waals surface area contributed by atoms with Gasteiger partial charge in [0.25, 0.3) is 0 Å². The maximum atomic E-state index is 12.6. The molecule has 3 nitrogen and oxygen atoms in total. The summed E-state index contributed by atoms with van der Waals surface area (Å²) in [6, 6.07) is 25.1. The van der Waals surface area contributed by atoms with E-state index in [1.54, 1.807) is 23.9 Å². The lowest BCUT2D eigenvalue weighted by atomic mass is 10.1. The number of benzene rings is 3. The molecule has 0 bridgehead atoms. The third kappa shape index (κ3) is 3.50. The second-order valence-corrected chi connectivity index (χ2v) is 9.42. The molecule has 0 aromatic heterocycles.